The minimum absolute atomic E-state index is 0.0932. The molecular weight excluding hydrogens is 433 g/mol. The summed E-state index contributed by atoms with van der Waals surface area (Å²) in [7, 11) is 1.39. The highest BCUT2D eigenvalue weighted by molar-refractivity contribution is 6.04. The van der Waals surface area contributed by atoms with E-state index in [0.29, 0.717) is 5.75 Å². The molecule has 0 saturated heterocycles. The van der Waals surface area contributed by atoms with Crippen LogP contribution < -0.4 is 10.1 Å². The van der Waals surface area contributed by atoms with Crippen LogP contribution in [0.2, 0.25) is 0 Å². The molecule has 0 aliphatic heterocycles. The summed E-state index contributed by atoms with van der Waals surface area (Å²) in [6.45, 7) is 0. The maximum absolute atomic E-state index is 13.8. The molecule has 3 aromatic carbocycles. The molecule has 1 amide bonds. The van der Waals surface area contributed by atoms with E-state index in [-0.39, 0.29) is 22.4 Å². The quantitative estimate of drug-likeness (QED) is 0.416. The zero-order valence-electron chi connectivity index (χ0n) is 16.4. The van der Waals surface area contributed by atoms with E-state index >= 15 is 0 Å². The summed E-state index contributed by atoms with van der Waals surface area (Å²) in [5, 5.41) is 2.39. The predicted molar refractivity (Wildman–Crippen MR) is 107 cm³/mol. The number of nitrogens with one attached hydrogen (secondary N) is 1. The highest BCUT2D eigenvalue weighted by Crippen LogP contribution is 2.35. The number of carbonyl (C=O) groups excluding carboxylic acids is 1. The number of aromatic nitrogens is 2. The van der Waals surface area contributed by atoms with Gasteiger partial charge in [-0.25, -0.2) is 13.8 Å². The zero-order valence-corrected chi connectivity index (χ0v) is 16.4. The largest absolute Gasteiger partial charge is 0.497 e. The second kappa shape index (κ2) is 7.95. The van der Waals surface area contributed by atoms with E-state index in [1.165, 1.54) is 55.6 Å². The monoisotopic (exact) mass is 447 g/mol. The number of methoxy groups -OCH3 is 1. The second-order valence-electron chi connectivity index (χ2n) is 6.73. The minimum Gasteiger partial charge on any atom is -0.497 e. The van der Waals surface area contributed by atoms with Crippen LogP contribution in [-0.2, 0) is 6.18 Å². The SMILES string of the molecule is COc1ccc2c(c1)nc(C(F)(F)F)n2-c1ccc(NC(=O)c2cccc(F)c2F)cc1. The van der Waals surface area contributed by atoms with E-state index < -0.39 is 35.1 Å². The number of ether oxygens (including phenoxy) is 1. The van der Waals surface area contributed by atoms with Crippen molar-refractivity contribution in [1.82, 2.24) is 9.55 Å². The number of amides is 1. The van der Waals surface area contributed by atoms with E-state index in [9.17, 15) is 26.7 Å². The summed E-state index contributed by atoms with van der Waals surface area (Å²) in [4.78, 5) is 15.9. The van der Waals surface area contributed by atoms with Crippen LogP contribution in [0.15, 0.2) is 60.7 Å². The van der Waals surface area contributed by atoms with Gasteiger partial charge in [-0.15, -0.1) is 0 Å². The standard InChI is InChI=1S/C22H14F5N3O2/c1-32-14-9-10-18-17(11-14)29-21(22(25,26)27)30(18)13-7-5-12(6-8-13)28-20(31)15-3-2-4-16(23)19(15)24/h2-11H,1H3,(H,28,31). The molecule has 0 spiro atoms. The van der Waals surface area contributed by atoms with E-state index in [1.54, 1.807) is 0 Å². The lowest BCUT2D eigenvalue weighted by Crippen LogP contribution is -2.15. The first-order chi connectivity index (χ1) is 15.2. The molecular formula is C22H14F5N3O2. The molecule has 32 heavy (non-hydrogen) atoms. The Bertz CT molecular complexity index is 1310. The van der Waals surface area contributed by atoms with Gasteiger partial charge in [0.05, 0.1) is 23.7 Å². The third-order valence-corrected chi connectivity index (χ3v) is 4.69. The van der Waals surface area contributed by atoms with Gasteiger partial charge in [-0.3, -0.25) is 9.36 Å². The third-order valence-electron chi connectivity index (χ3n) is 4.69. The zero-order chi connectivity index (χ0) is 23.0. The van der Waals surface area contributed by atoms with Crippen LogP contribution in [0.1, 0.15) is 16.2 Å². The second-order valence-corrected chi connectivity index (χ2v) is 6.73. The van der Waals surface area contributed by atoms with E-state index in [4.69, 9.17) is 4.74 Å². The maximum Gasteiger partial charge on any atom is 0.450 e. The highest BCUT2D eigenvalue weighted by atomic mass is 19.4. The molecule has 4 aromatic rings. The first-order valence-electron chi connectivity index (χ1n) is 9.18. The van der Waals surface area contributed by atoms with Gasteiger partial charge in [0.15, 0.2) is 11.6 Å². The van der Waals surface area contributed by atoms with Crippen LogP contribution in [0.25, 0.3) is 16.7 Å². The van der Waals surface area contributed by atoms with Crippen LogP contribution in [-0.4, -0.2) is 22.6 Å². The molecule has 1 aromatic heterocycles. The molecule has 0 fully saturated rings. The molecule has 164 valence electrons. The molecule has 0 aliphatic carbocycles. The fourth-order valence-electron chi connectivity index (χ4n) is 3.21. The molecule has 0 radical (unpaired) electrons. The van der Waals surface area contributed by atoms with Gasteiger partial charge in [0, 0.05) is 17.4 Å². The molecule has 5 nitrogen and oxygen atoms in total. The Morgan fingerprint density at radius 3 is 2.41 bits per heavy atom. The number of alkyl halides is 3. The molecule has 4 rings (SSSR count). The van der Waals surface area contributed by atoms with Crippen LogP contribution in [0.3, 0.4) is 0 Å². The third kappa shape index (κ3) is 3.86. The average Bonchev–Trinajstić information content (AvgIpc) is 3.15. The van der Waals surface area contributed by atoms with Crippen molar-refractivity contribution >= 4 is 22.6 Å². The Morgan fingerprint density at radius 2 is 1.75 bits per heavy atom. The van der Waals surface area contributed by atoms with Crippen molar-refractivity contribution in [3.63, 3.8) is 0 Å². The number of imidazole rings is 1. The molecule has 0 saturated carbocycles. The Kier molecular flexibility index (Phi) is 5.29. The lowest BCUT2D eigenvalue weighted by molar-refractivity contribution is -0.145. The predicted octanol–water partition coefficient (Wildman–Crippen LogP) is 5.58. The van der Waals surface area contributed by atoms with Crippen molar-refractivity contribution in [2.24, 2.45) is 0 Å². The fourth-order valence-corrected chi connectivity index (χ4v) is 3.21. The topological polar surface area (TPSA) is 56.1 Å². The van der Waals surface area contributed by atoms with Crippen LogP contribution in [0, 0.1) is 11.6 Å². The molecule has 1 heterocycles. The lowest BCUT2D eigenvalue weighted by Gasteiger charge is -2.13. The van der Waals surface area contributed by atoms with E-state index in [2.05, 4.69) is 10.3 Å². The van der Waals surface area contributed by atoms with E-state index in [1.807, 2.05) is 0 Å². The maximum atomic E-state index is 13.8. The number of nitrogens with zero attached hydrogens (tertiary/aromatic N) is 2. The number of fused-ring (bicyclic) bond motifs is 1. The minimum atomic E-state index is -4.73. The number of hydrogen-bond donors (Lipinski definition) is 1. The lowest BCUT2D eigenvalue weighted by atomic mass is 10.2. The van der Waals surface area contributed by atoms with Crippen LogP contribution in [0.4, 0.5) is 27.6 Å². The number of rotatable bonds is 4. The highest BCUT2D eigenvalue weighted by Gasteiger charge is 2.38. The number of hydrogen-bond acceptors (Lipinski definition) is 3. The molecule has 0 atom stereocenters. The van der Waals surface area contributed by atoms with Gasteiger partial charge in [0.2, 0.25) is 5.82 Å². The average molecular weight is 447 g/mol. The summed E-state index contributed by atoms with van der Waals surface area (Å²) in [6, 6.07) is 12.9. The molecule has 0 aliphatic rings. The van der Waals surface area contributed by atoms with Crippen molar-refractivity contribution in [3.05, 3.63) is 83.7 Å². The van der Waals surface area contributed by atoms with Gasteiger partial charge in [0.25, 0.3) is 5.91 Å². The van der Waals surface area contributed by atoms with Gasteiger partial charge in [-0.2, -0.15) is 13.2 Å². The van der Waals surface area contributed by atoms with Gasteiger partial charge in [-0.05, 0) is 48.5 Å². The number of halogens is 5. The fraction of sp³-hybridized carbons (Fsp3) is 0.0909. The van der Waals surface area contributed by atoms with Gasteiger partial charge < -0.3 is 10.1 Å². The normalized spacial score (nSPS) is 11.6. The summed E-state index contributed by atoms with van der Waals surface area (Å²) < 4.78 is 74.0. The van der Waals surface area contributed by atoms with Crippen molar-refractivity contribution in [3.8, 4) is 11.4 Å². The van der Waals surface area contributed by atoms with Crippen molar-refractivity contribution in [1.29, 1.82) is 0 Å². The summed E-state index contributed by atoms with van der Waals surface area (Å²) >= 11 is 0. The number of benzene rings is 3. The smallest absolute Gasteiger partial charge is 0.450 e. The number of carbonyl (C=O) groups is 1. The summed E-state index contributed by atoms with van der Waals surface area (Å²) in [5.41, 5.74) is 0.123. The molecule has 10 heteroatoms. The molecule has 1 N–H and O–H groups in total. The van der Waals surface area contributed by atoms with Crippen LogP contribution >= 0.6 is 0 Å². The van der Waals surface area contributed by atoms with Gasteiger partial charge >= 0.3 is 6.18 Å². The first kappa shape index (κ1) is 21.3. The van der Waals surface area contributed by atoms with Gasteiger partial charge in [-0.1, -0.05) is 6.07 Å². The molecule has 0 unspecified atom stereocenters. The Morgan fingerprint density at radius 1 is 1.03 bits per heavy atom. The summed E-state index contributed by atoms with van der Waals surface area (Å²) in [6.07, 6.45) is -4.73. The Labute approximate surface area is 178 Å². The van der Waals surface area contributed by atoms with Crippen molar-refractivity contribution < 1.29 is 31.5 Å². The Hall–Kier alpha value is -3.95. The number of anilines is 1. The Balaban J connectivity index is 1.70. The van der Waals surface area contributed by atoms with Crippen molar-refractivity contribution in [2.75, 3.05) is 12.4 Å². The first-order valence-corrected chi connectivity index (χ1v) is 9.18. The molecule has 0 bridgehead atoms. The van der Waals surface area contributed by atoms with Crippen LogP contribution in [0.5, 0.6) is 5.75 Å². The van der Waals surface area contributed by atoms with E-state index in [0.717, 1.165) is 16.7 Å². The summed E-state index contributed by atoms with van der Waals surface area (Å²) in [5.74, 6) is -4.13. The van der Waals surface area contributed by atoms with Crippen molar-refractivity contribution in [2.45, 2.75) is 6.18 Å². The van der Waals surface area contributed by atoms with Gasteiger partial charge in [0.1, 0.15) is 5.75 Å².